The number of hydrogen-bond donors (Lipinski definition) is 2. The van der Waals surface area contributed by atoms with Crippen LogP contribution >= 0.6 is 11.6 Å². The second kappa shape index (κ2) is 10.5. The number of nitrogens with one attached hydrogen (secondary N) is 1. The number of fused-ring (bicyclic) bond motifs is 3. The second-order valence-corrected chi connectivity index (χ2v) is 10.7. The molecule has 0 unspecified atom stereocenters. The van der Waals surface area contributed by atoms with E-state index in [0.717, 1.165) is 0 Å². The van der Waals surface area contributed by atoms with E-state index in [1.54, 1.807) is 30.6 Å². The molecule has 3 amide bonds. The van der Waals surface area contributed by atoms with Crippen LogP contribution in [0.5, 0.6) is 0 Å². The minimum atomic E-state index is -1.49. The molecule has 0 radical (unpaired) electrons. The van der Waals surface area contributed by atoms with Crippen LogP contribution < -0.4 is 16.6 Å². The van der Waals surface area contributed by atoms with Crippen molar-refractivity contribution in [3.8, 4) is 0 Å². The first-order valence-corrected chi connectivity index (χ1v) is 13.5. The zero-order valence-electron chi connectivity index (χ0n) is 22.0. The van der Waals surface area contributed by atoms with E-state index < -0.39 is 40.9 Å². The molecule has 3 N–H and O–H groups in total. The van der Waals surface area contributed by atoms with Crippen molar-refractivity contribution in [2.24, 2.45) is 5.73 Å². The summed E-state index contributed by atoms with van der Waals surface area (Å²) in [6, 6.07) is 9.24. The summed E-state index contributed by atoms with van der Waals surface area (Å²) >= 11 is 6.11. The first-order chi connectivity index (χ1) is 20.2. The predicted octanol–water partition coefficient (Wildman–Crippen LogP) is 3.55. The summed E-state index contributed by atoms with van der Waals surface area (Å²) in [6.07, 6.45) is 4.38. The standard InChI is InChI=1S/C29H24ClFN6O5/c30-19-4-5-20-24(25(19)31)29(42-28(41)35-20)8-1-9-36(14-29)27(40)22(10-16-12-33-15-34-13-16)37-21-6-2-18(26(32)39)11-17(21)3-7-23(37)38/h2-7,11-13,15,22H,1,8-10,14H2,(H2,32,39)(H,35,41)/t22-,29-/m0/s1. The summed E-state index contributed by atoms with van der Waals surface area (Å²) < 4.78 is 22.5. The van der Waals surface area contributed by atoms with E-state index in [1.807, 2.05) is 0 Å². The Balaban J connectivity index is 1.45. The number of piperidine rings is 1. The number of carbonyl (C=O) groups excluding carboxylic acids is 3. The number of anilines is 1. The molecule has 13 heteroatoms. The lowest BCUT2D eigenvalue weighted by atomic mass is 9.82. The Morgan fingerprint density at radius 3 is 2.69 bits per heavy atom. The van der Waals surface area contributed by atoms with Gasteiger partial charge in [-0.05, 0) is 60.2 Å². The van der Waals surface area contributed by atoms with Gasteiger partial charge in [0, 0.05) is 37.0 Å². The number of pyridine rings is 1. The smallest absolute Gasteiger partial charge is 0.412 e. The van der Waals surface area contributed by atoms with Gasteiger partial charge in [-0.15, -0.1) is 0 Å². The first-order valence-electron chi connectivity index (χ1n) is 13.1. The molecule has 214 valence electrons. The molecule has 2 aromatic carbocycles. The number of likely N-dealkylation sites (tertiary alicyclic amines) is 1. The maximum absolute atomic E-state index is 15.4. The van der Waals surface area contributed by atoms with Gasteiger partial charge in [-0.1, -0.05) is 11.6 Å². The third-order valence-corrected chi connectivity index (χ3v) is 7.99. The lowest BCUT2D eigenvalue weighted by Crippen LogP contribution is -2.55. The molecule has 6 rings (SSSR count). The van der Waals surface area contributed by atoms with Crippen molar-refractivity contribution in [2.45, 2.75) is 30.9 Å². The number of rotatable bonds is 5. The maximum atomic E-state index is 15.4. The van der Waals surface area contributed by atoms with Gasteiger partial charge in [0.15, 0.2) is 11.4 Å². The van der Waals surface area contributed by atoms with Crippen molar-refractivity contribution in [3.05, 3.63) is 99.1 Å². The van der Waals surface area contributed by atoms with E-state index in [0.29, 0.717) is 22.9 Å². The van der Waals surface area contributed by atoms with Crippen molar-refractivity contribution < 1.29 is 23.5 Å². The summed E-state index contributed by atoms with van der Waals surface area (Å²) in [5.41, 5.74) is 5.06. The van der Waals surface area contributed by atoms with E-state index in [9.17, 15) is 19.2 Å². The van der Waals surface area contributed by atoms with Gasteiger partial charge in [0.2, 0.25) is 11.8 Å². The highest BCUT2D eigenvalue weighted by molar-refractivity contribution is 6.31. The van der Waals surface area contributed by atoms with Gasteiger partial charge in [0.05, 0.1) is 28.3 Å². The Kier molecular flexibility index (Phi) is 6.85. The number of benzene rings is 2. The van der Waals surface area contributed by atoms with Crippen molar-refractivity contribution in [1.29, 1.82) is 0 Å². The molecule has 4 aromatic rings. The van der Waals surface area contributed by atoms with E-state index in [1.165, 1.54) is 40.1 Å². The Bertz CT molecular complexity index is 1820. The molecule has 2 aromatic heterocycles. The molecule has 2 atom stereocenters. The van der Waals surface area contributed by atoms with Gasteiger partial charge in [-0.25, -0.2) is 19.2 Å². The number of aromatic nitrogens is 3. The zero-order valence-corrected chi connectivity index (χ0v) is 22.8. The number of nitrogens with zero attached hydrogens (tertiary/aromatic N) is 4. The summed E-state index contributed by atoms with van der Waals surface area (Å²) in [6.45, 7) is 0.118. The van der Waals surface area contributed by atoms with E-state index in [4.69, 9.17) is 22.1 Å². The highest BCUT2D eigenvalue weighted by Gasteiger charge is 2.49. The van der Waals surface area contributed by atoms with E-state index in [-0.39, 0.29) is 47.8 Å². The molecule has 1 spiro atoms. The Morgan fingerprint density at radius 1 is 1.14 bits per heavy atom. The number of halogens is 2. The fourth-order valence-corrected chi connectivity index (χ4v) is 6.02. The van der Waals surface area contributed by atoms with Gasteiger partial charge in [-0.2, -0.15) is 0 Å². The molecule has 0 bridgehead atoms. The molecular weight excluding hydrogens is 567 g/mol. The number of ether oxygens (including phenoxy) is 1. The quantitative estimate of drug-likeness (QED) is 0.361. The highest BCUT2D eigenvalue weighted by Crippen LogP contribution is 2.45. The lowest BCUT2D eigenvalue weighted by Gasteiger charge is -2.45. The summed E-state index contributed by atoms with van der Waals surface area (Å²) in [5, 5.41) is 2.90. The number of nitrogens with two attached hydrogens (primary N) is 1. The van der Waals surface area contributed by atoms with Crippen LogP contribution in [0.4, 0.5) is 14.9 Å². The van der Waals surface area contributed by atoms with Gasteiger partial charge < -0.3 is 15.4 Å². The molecule has 0 saturated carbocycles. The molecule has 0 aliphatic carbocycles. The monoisotopic (exact) mass is 590 g/mol. The fourth-order valence-electron chi connectivity index (χ4n) is 5.86. The average Bonchev–Trinajstić information content (AvgIpc) is 2.98. The summed E-state index contributed by atoms with van der Waals surface area (Å²) in [4.78, 5) is 61.7. The van der Waals surface area contributed by atoms with Crippen LogP contribution in [0, 0.1) is 5.82 Å². The number of primary amides is 1. The number of carbonyl (C=O) groups is 3. The van der Waals surface area contributed by atoms with Crippen LogP contribution in [-0.4, -0.2) is 50.4 Å². The molecule has 2 aliphatic heterocycles. The van der Waals surface area contributed by atoms with Crippen LogP contribution in [0.2, 0.25) is 5.02 Å². The van der Waals surface area contributed by atoms with Crippen molar-refractivity contribution in [1.82, 2.24) is 19.4 Å². The third kappa shape index (κ3) is 4.73. The van der Waals surface area contributed by atoms with Gasteiger partial charge in [0.1, 0.15) is 12.4 Å². The molecule has 11 nitrogen and oxygen atoms in total. The highest BCUT2D eigenvalue weighted by atomic mass is 35.5. The van der Waals surface area contributed by atoms with Gasteiger partial charge >= 0.3 is 6.09 Å². The lowest BCUT2D eigenvalue weighted by molar-refractivity contribution is -0.142. The SMILES string of the molecule is NC(=O)c1ccc2c(ccc(=O)n2[C@@H](Cc2cncnc2)C(=O)N2CCC[C@@]3(C2)OC(=O)Nc2ccc(Cl)c(F)c23)c1. The van der Waals surface area contributed by atoms with Crippen LogP contribution in [-0.2, 0) is 21.6 Å². The minimum absolute atomic E-state index is 0.0535. The molecular formula is C29H24ClFN6O5. The van der Waals surface area contributed by atoms with Crippen LogP contribution in [0.1, 0.15) is 40.4 Å². The normalized spacial score (nSPS) is 18.7. The average molecular weight is 591 g/mol. The topological polar surface area (TPSA) is 150 Å². The van der Waals surface area contributed by atoms with Crippen molar-refractivity contribution in [3.63, 3.8) is 0 Å². The van der Waals surface area contributed by atoms with Crippen LogP contribution in [0.3, 0.4) is 0 Å². The maximum Gasteiger partial charge on any atom is 0.412 e. The fraction of sp³-hybridized carbons (Fsp3) is 0.241. The van der Waals surface area contributed by atoms with Crippen LogP contribution in [0.15, 0.2) is 66.0 Å². The van der Waals surface area contributed by atoms with Gasteiger partial charge in [0.25, 0.3) is 5.56 Å². The Labute approximate surface area is 243 Å². The number of hydrogen-bond acceptors (Lipinski definition) is 7. The Morgan fingerprint density at radius 2 is 1.93 bits per heavy atom. The number of amides is 3. The van der Waals surface area contributed by atoms with Gasteiger partial charge in [-0.3, -0.25) is 24.3 Å². The van der Waals surface area contributed by atoms with E-state index in [2.05, 4.69) is 15.3 Å². The van der Waals surface area contributed by atoms with Crippen molar-refractivity contribution >= 4 is 46.1 Å². The largest absolute Gasteiger partial charge is 0.436 e. The third-order valence-electron chi connectivity index (χ3n) is 7.70. The molecule has 42 heavy (non-hydrogen) atoms. The Hall–Kier alpha value is -4.84. The minimum Gasteiger partial charge on any atom is -0.436 e. The second-order valence-electron chi connectivity index (χ2n) is 10.3. The predicted molar refractivity (Wildman–Crippen MR) is 151 cm³/mol. The zero-order chi connectivity index (χ0) is 29.6. The van der Waals surface area contributed by atoms with E-state index >= 15 is 4.39 Å². The first kappa shape index (κ1) is 27.3. The van der Waals surface area contributed by atoms with Crippen LogP contribution in [0.25, 0.3) is 10.9 Å². The molecule has 2 aliphatic rings. The summed E-state index contributed by atoms with van der Waals surface area (Å²) in [7, 11) is 0. The van der Waals surface area contributed by atoms with Crippen molar-refractivity contribution in [2.75, 3.05) is 18.4 Å². The molecule has 1 saturated heterocycles. The molecule has 4 heterocycles. The summed E-state index contributed by atoms with van der Waals surface area (Å²) in [5.74, 6) is -1.83. The molecule has 1 fully saturated rings.